The van der Waals surface area contributed by atoms with Crippen molar-refractivity contribution in [1.29, 1.82) is 0 Å². The quantitative estimate of drug-likeness (QED) is 0.302. The molecule has 1 aliphatic heterocycles. The number of methoxy groups -OCH3 is 1. The minimum absolute atomic E-state index is 0.00622. The molecule has 0 saturated carbocycles. The highest BCUT2D eigenvalue weighted by Crippen LogP contribution is 2.35. The van der Waals surface area contributed by atoms with Crippen LogP contribution in [0, 0.1) is 11.6 Å². The number of halogens is 5. The van der Waals surface area contributed by atoms with Crippen molar-refractivity contribution in [2.24, 2.45) is 0 Å². The maximum absolute atomic E-state index is 14.5. The lowest BCUT2D eigenvalue weighted by molar-refractivity contribution is -0.212. The summed E-state index contributed by atoms with van der Waals surface area (Å²) in [5, 5.41) is 36.5. The van der Waals surface area contributed by atoms with E-state index in [0.29, 0.717) is 5.69 Å². The first kappa shape index (κ1) is 27.6. The predicted molar refractivity (Wildman–Crippen MR) is 124 cm³/mol. The van der Waals surface area contributed by atoms with Crippen LogP contribution in [0.4, 0.5) is 17.6 Å². The van der Waals surface area contributed by atoms with E-state index in [4.69, 9.17) is 9.47 Å². The number of aromatic nitrogens is 6. The molecule has 10 nitrogen and oxygen atoms in total. The van der Waals surface area contributed by atoms with Crippen LogP contribution >= 0.6 is 15.9 Å². The maximum atomic E-state index is 14.5. The van der Waals surface area contributed by atoms with Gasteiger partial charge >= 0.3 is 0 Å². The molecule has 1 fully saturated rings. The van der Waals surface area contributed by atoms with Crippen LogP contribution in [0.3, 0.4) is 0 Å². The molecule has 0 radical (unpaired) electrons. The number of benzene rings is 1. The number of ether oxygens (including phenoxy) is 2. The van der Waals surface area contributed by atoms with Gasteiger partial charge in [0.05, 0.1) is 29.1 Å². The largest absolute Gasteiger partial charge is 0.394 e. The van der Waals surface area contributed by atoms with Gasteiger partial charge in [-0.3, -0.25) is 0 Å². The van der Waals surface area contributed by atoms with Crippen LogP contribution in [0.2, 0.25) is 0 Å². The molecule has 202 valence electrons. The smallest absolute Gasteiger partial charge is 0.262 e. The van der Waals surface area contributed by atoms with Crippen molar-refractivity contribution in [3.8, 4) is 11.3 Å². The number of aliphatic hydroxyl groups excluding tert-OH is 2. The van der Waals surface area contributed by atoms with Crippen LogP contribution in [-0.2, 0) is 21.4 Å². The van der Waals surface area contributed by atoms with E-state index in [9.17, 15) is 27.8 Å². The number of nitrogens with zero attached hydrogens (tertiary/aromatic N) is 6. The van der Waals surface area contributed by atoms with Gasteiger partial charge in [-0.2, -0.15) is 0 Å². The van der Waals surface area contributed by atoms with E-state index in [1.807, 2.05) is 0 Å². The minimum Gasteiger partial charge on any atom is -0.394 e. The van der Waals surface area contributed by atoms with Crippen LogP contribution in [0.1, 0.15) is 25.6 Å². The first-order chi connectivity index (χ1) is 17.5. The second-order valence-electron chi connectivity index (χ2n) is 9.20. The summed E-state index contributed by atoms with van der Waals surface area (Å²) >= 11 is 2.92. The normalized spacial score (nSPS) is 24.7. The van der Waals surface area contributed by atoms with Gasteiger partial charge in [-0.15, -0.1) is 10.2 Å². The molecular formula is C22H25BrF4N6O4. The van der Waals surface area contributed by atoms with Crippen LogP contribution in [0.15, 0.2) is 29.0 Å². The fourth-order valence-corrected chi connectivity index (χ4v) is 4.49. The summed E-state index contributed by atoms with van der Waals surface area (Å²) in [5.74, 6) is -2.21. The van der Waals surface area contributed by atoms with Crippen molar-refractivity contribution in [3.63, 3.8) is 0 Å². The Hall–Kier alpha value is -2.46. The van der Waals surface area contributed by atoms with Crippen molar-refractivity contribution in [1.82, 2.24) is 30.0 Å². The van der Waals surface area contributed by atoms with E-state index in [-0.39, 0.29) is 22.2 Å². The van der Waals surface area contributed by atoms with Crippen molar-refractivity contribution in [2.45, 2.75) is 62.7 Å². The molecule has 0 spiro atoms. The highest BCUT2D eigenvalue weighted by Gasteiger charge is 2.47. The third-order valence-corrected chi connectivity index (χ3v) is 7.05. The molecule has 4 rings (SSSR count). The molecule has 0 amide bonds. The molecule has 37 heavy (non-hydrogen) atoms. The number of aliphatic hydroxyl groups is 2. The fraction of sp³-hybridized carbons (Fsp3) is 0.545. The van der Waals surface area contributed by atoms with Gasteiger partial charge in [0.15, 0.2) is 11.6 Å². The van der Waals surface area contributed by atoms with Gasteiger partial charge in [-0.1, -0.05) is 10.4 Å². The summed E-state index contributed by atoms with van der Waals surface area (Å²) in [6, 6.07) is 1.70. The molecule has 3 aromatic rings. The third-order valence-electron chi connectivity index (χ3n) is 6.44. The second-order valence-corrected chi connectivity index (χ2v) is 10.1. The molecule has 2 N–H and O–H groups in total. The summed E-state index contributed by atoms with van der Waals surface area (Å²) in [6.45, 7) is 2.09. The molecule has 0 unspecified atom stereocenters. The Labute approximate surface area is 217 Å². The van der Waals surface area contributed by atoms with Crippen molar-refractivity contribution >= 4 is 15.9 Å². The van der Waals surface area contributed by atoms with Gasteiger partial charge in [-0.25, -0.2) is 26.9 Å². The molecule has 5 atom stereocenters. The summed E-state index contributed by atoms with van der Waals surface area (Å²) in [6.07, 6.45) is -4.03. The predicted octanol–water partition coefficient (Wildman–Crippen LogP) is 2.50. The van der Waals surface area contributed by atoms with E-state index in [2.05, 4.69) is 36.6 Å². The number of rotatable bonds is 8. The van der Waals surface area contributed by atoms with Crippen molar-refractivity contribution in [3.05, 3.63) is 46.3 Å². The monoisotopic (exact) mass is 592 g/mol. The first-order valence-electron chi connectivity index (χ1n) is 11.2. The number of hydrogen-bond acceptors (Lipinski definition) is 8. The number of alkyl halides is 2. The molecule has 0 aliphatic carbocycles. The molecule has 1 aromatic carbocycles. The van der Waals surface area contributed by atoms with Crippen LogP contribution in [0.25, 0.3) is 11.3 Å². The molecule has 15 heteroatoms. The lowest BCUT2D eigenvalue weighted by Crippen LogP contribution is -2.57. The van der Waals surface area contributed by atoms with Gasteiger partial charge in [0.25, 0.3) is 6.43 Å². The molecular weight excluding hydrogens is 568 g/mol. The Morgan fingerprint density at radius 3 is 2.51 bits per heavy atom. The Morgan fingerprint density at radius 2 is 1.86 bits per heavy atom. The second kappa shape index (κ2) is 10.7. The Balaban J connectivity index is 1.64. The summed E-state index contributed by atoms with van der Waals surface area (Å²) in [4.78, 5) is 0. The van der Waals surface area contributed by atoms with Crippen LogP contribution in [0.5, 0.6) is 0 Å². The fourth-order valence-electron chi connectivity index (χ4n) is 4.18. The third kappa shape index (κ3) is 5.14. The van der Waals surface area contributed by atoms with E-state index in [0.717, 1.165) is 4.68 Å². The van der Waals surface area contributed by atoms with Gasteiger partial charge in [-0.05, 0) is 41.9 Å². The summed E-state index contributed by atoms with van der Waals surface area (Å²) in [5.41, 5.74) is -1.41. The SMILES string of the molecule is CO[C@@H]1[C@@H](n2cc(-c3ccc(Br)c(F)c3F)nn2)[C@@H](O)[C@@H](CO)O[C@@H]1Cc1cn(C(C)(C)C(F)F)nn1. The maximum Gasteiger partial charge on any atom is 0.262 e. The Morgan fingerprint density at radius 1 is 1.14 bits per heavy atom. The van der Waals surface area contributed by atoms with Gasteiger partial charge in [0.2, 0.25) is 0 Å². The topological polar surface area (TPSA) is 120 Å². The minimum atomic E-state index is -2.69. The molecule has 0 bridgehead atoms. The summed E-state index contributed by atoms with van der Waals surface area (Å²) < 4.78 is 69.1. The van der Waals surface area contributed by atoms with Crippen molar-refractivity contribution < 1.29 is 37.2 Å². The summed E-state index contributed by atoms with van der Waals surface area (Å²) in [7, 11) is 1.37. The highest BCUT2D eigenvalue weighted by atomic mass is 79.9. The molecule has 3 heterocycles. The average molecular weight is 593 g/mol. The Bertz CT molecular complexity index is 1240. The lowest BCUT2D eigenvalue weighted by Gasteiger charge is -2.43. The number of hydrogen-bond donors (Lipinski definition) is 2. The van der Waals surface area contributed by atoms with Crippen molar-refractivity contribution in [2.75, 3.05) is 13.7 Å². The Kier molecular flexibility index (Phi) is 7.99. The van der Waals surface area contributed by atoms with Crippen LogP contribution in [-0.4, -0.2) is 84.8 Å². The highest BCUT2D eigenvalue weighted by molar-refractivity contribution is 9.10. The van der Waals surface area contributed by atoms with Gasteiger partial charge in [0.1, 0.15) is 35.6 Å². The van der Waals surface area contributed by atoms with Crippen LogP contribution < -0.4 is 0 Å². The first-order valence-corrected chi connectivity index (χ1v) is 12.0. The zero-order valence-electron chi connectivity index (χ0n) is 20.0. The van der Waals surface area contributed by atoms with Gasteiger partial charge < -0.3 is 19.7 Å². The lowest BCUT2D eigenvalue weighted by atomic mass is 9.90. The molecule has 2 aromatic heterocycles. The molecule has 1 saturated heterocycles. The van der Waals surface area contributed by atoms with Gasteiger partial charge in [0, 0.05) is 25.3 Å². The zero-order valence-corrected chi connectivity index (χ0v) is 21.6. The van der Waals surface area contributed by atoms with E-state index < -0.39 is 60.7 Å². The molecule has 1 aliphatic rings. The van der Waals surface area contributed by atoms with E-state index in [1.165, 1.54) is 50.2 Å². The van der Waals surface area contributed by atoms with E-state index >= 15 is 0 Å². The average Bonchev–Trinajstić information content (AvgIpc) is 3.53. The zero-order chi connectivity index (χ0) is 27.1. The standard InChI is InChI=1S/C22H25BrF4N6O4/c1-22(2,21(26)27)33-7-10(28-31-33)6-14-20(36-3)18(19(35)15(9-34)37-14)32-8-13(29-30-32)11-4-5-12(23)17(25)16(11)24/h4-5,7-8,14-15,18-21,34-35H,6,9H2,1-3H3/t14-,15-,18+,19+,20+/m1/s1. The van der Waals surface area contributed by atoms with E-state index in [1.54, 1.807) is 0 Å².